The summed E-state index contributed by atoms with van der Waals surface area (Å²) in [5.74, 6) is 0.874. The number of hydrogen-bond donors (Lipinski definition) is 1. The van der Waals surface area contributed by atoms with Gasteiger partial charge in [-0.3, -0.25) is 0 Å². The molecule has 3 aromatic rings. The van der Waals surface area contributed by atoms with Gasteiger partial charge in [0.2, 0.25) is 0 Å². The standard InChI is InChI=1S/C17H17ClN4S/c1-2-21-16(13-8-4-3-5-9-13)20-22(17(21)23)12-19-15-11-7-6-10-14(15)18/h3-11,19H,2,12H2,1H3. The molecule has 23 heavy (non-hydrogen) atoms. The maximum Gasteiger partial charge on any atom is 0.199 e. The summed E-state index contributed by atoms with van der Waals surface area (Å²) in [5, 5.41) is 8.62. The van der Waals surface area contributed by atoms with Gasteiger partial charge in [0.05, 0.1) is 10.7 Å². The quantitative estimate of drug-likeness (QED) is 0.673. The van der Waals surface area contributed by atoms with Crippen LogP contribution in [-0.2, 0) is 13.2 Å². The second kappa shape index (κ2) is 6.98. The fourth-order valence-electron chi connectivity index (χ4n) is 2.39. The molecule has 0 saturated heterocycles. The molecule has 0 aliphatic carbocycles. The molecule has 1 aromatic heterocycles. The molecule has 1 N–H and O–H groups in total. The van der Waals surface area contributed by atoms with Crippen molar-refractivity contribution in [2.45, 2.75) is 20.1 Å². The van der Waals surface area contributed by atoms with Crippen molar-refractivity contribution in [2.75, 3.05) is 5.32 Å². The SMILES string of the molecule is CCn1c(-c2ccccc2)nn(CNc2ccccc2Cl)c1=S. The van der Waals surface area contributed by atoms with Gasteiger partial charge in [-0.15, -0.1) is 5.10 Å². The highest BCUT2D eigenvalue weighted by Gasteiger charge is 2.11. The minimum atomic E-state index is 0.468. The van der Waals surface area contributed by atoms with Gasteiger partial charge in [-0.05, 0) is 31.3 Å². The van der Waals surface area contributed by atoms with Crippen molar-refractivity contribution in [1.29, 1.82) is 0 Å². The van der Waals surface area contributed by atoms with Crippen molar-refractivity contribution in [2.24, 2.45) is 0 Å². The van der Waals surface area contributed by atoms with Crippen LogP contribution in [0.15, 0.2) is 54.6 Å². The van der Waals surface area contributed by atoms with Gasteiger partial charge in [-0.1, -0.05) is 54.1 Å². The molecule has 0 radical (unpaired) electrons. The van der Waals surface area contributed by atoms with Crippen LogP contribution < -0.4 is 5.32 Å². The van der Waals surface area contributed by atoms with E-state index in [2.05, 4.69) is 17.3 Å². The van der Waals surface area contributed by atoms with Gasteiger partial charge in [0.1, 0.15) is 6.67 Å². The molecule has 2 aromatic carbocycles. The largest absolute Gasteiger partial charge is 0.365 e. The van der Waals surface area contributed by atoms with Crippen LogP contribution >= 0.6 is 23.8 Å². The van der Waals surface area contributed by atoms with Crippen LogP contribution in [0.3, 0.4) is 0 Å². The van der Waals surface area contributed by atoms with E-state index in [1.54, 1.807) is 4.68 Å². The molecule has 0 saturated carbocycles. The molecule has 6 heteroatoms. The van der Waals surface area contributed by atoms with Crippen LogP contribution in [0.1, 0.15) is 6.92 Å². The molecule has 4 nitrogen and oxygen atoms in total. The average molecular weight is 345 g/mol. The Hall–Kier alpha value is -2.11. The maximum atomic E-state index is 6.17. The van der Waals surface area contributed by atoms with Gasteiger partial charge < -0.3 is 9.88 Å². The van der Waals surface area contributed by atoms with Crippen molar-refractivity contribution in [3.63, 3.8) is 0 Å². The second-order valence-corrected chi connectivity index (χ2v) is 5.80. The Kier molecular flexibility index (Phi) is 4.79. The zero-order valence-electron chi connectivity index (χ0n) is 12.7. The lowest BCUT2D eigenvalue weighted by Crippen LogP contribution is -2.10. The van der Waals surface area contributed by atoms with Crippen molar-refractivity contribution < 1.29 is 0 Å². The molecule has 0 aliphatic heterocycles. The summed E-state index contributed by atoms with van der Waals surface area (Å²) < 4.78 is 4.49. The molecule has 0 amide bonds. The predicted molar refractivity (Wildman–Crippen MR) is 97.2 cm³/mol. The molecular formula is C17H17ClN4S. The Morgan fingerprint density at radius 1 is 1.09 bits per heavy atom. The van der Waals surface area contributed by atoms with Crippen molar-refractivity contribution >= 4 is 29.5 Å². The van der Waals surface area contributed by atoms with Crippen LogP contribution in [0.2, 0.25) is 5.02 Å². The van der Waals surface area contributed by atoms with E-state index in [4.69, 9.17) is 23.8 Å². The molecule has 3 rings (SSSR count). The zero-order chi connectivity index (χ0) is 16.2. The van der Waals surface area contributed by atoms with E-state index in [1.807, 2.05) is 59.2 Å². The Balaban J connectivity index is 1.91. The summed E-state index contributed by atoms with van der Waals surface area (Å²) >= 11 is 11.7. The van der Waals surface area contributed by atoms with Crippen molar-refractivity contribution in [3.05, 3.63) is 64.4 Å². The highest BCUT2D eigenvalue weighted by molar-refractivity contribution is 7.71. The number of nitrogens with zero attached hydrogens (tertiary/aromatic N) is 3. The van der Waals surface area contributed by atoms with Gasteiger partial charge in [-0.25, -0.2) is 4.68 Å². The van der Waals surface area contributed by atoms with Gasteiger partial charge in [0, 0.05) is 12.1 Å². The number of benzene rings is 2. The van der Waals surface area contributed by atoms with Crippen LogP contribution in [0.25, 0.3) is 11.4 Å². The number of anilines is 1. The van der Waals surface area contributed by atoms with Crippen LogP contribution in [0.4, 0.5) is 5.69 Å². The lowest BCUT2D eigenvalue weighted by atomic mass is 10.2. The van der Waals surface area contributed by atoms with E-state index in [0.717, 1.165) is 23.6 Å². The van der Waals surface area contributed by atoms with Crippen LogP contribution in [0, 0.1) is 4.77 Å². The highest BCUT2D eigenvalue weighted by atomic mass is 35.5. The summed E-state index contributed by atoms with van der Waals surface area (Å²) in [6.07, 6.45) is 0. The summed E-state index contributed by atoms with van der Waals surface area (Å²) in [5.41, 5.74) is 1.92. The minimum Gasteiger partial charge on any atom is -0.365 e. The molecule has 0 atom stereocenters. The third-order valence-corrected chi connectivity index (χ3v) is 4.32. The Morgan fingerprint density at radius 2 is 1.78 bits per heavy atom. The van der Waals surface area contributed by atoms with Gasteiger partial charge in [0.15, 0.2) is 10.6 Å². The normalized spacial score (nSPS) is 10.7. The van der Waals surface area contributed by atoms with Crippen LogP contribution in [-0.4, -0.2) is 14.3 Å². The number of para-hydroxylation sites is 1. The van der Waals surface area contributed by atoms with E-state index in [9.17, 15) is 0 Å². The number of aromatic nitrogens is 3. The summed E-state index contributed by atoms with van der Waals surface area (Å²) in [6.45, 7) is 3.31. The minimum absolute atomic E-state index is 0.468. The van der Waals surface area contributed by atoms with Crippen molar-refractivity contribution in [3.8, 4) is 11.4 Å². The first kappa shape index (κ1) is 15.8. The first-order chi connectivity index (χ1) is 11.2. The van der Waals surface area contributed by atoms with Crippen LogP contribution in [0.5, 0.6) is 0 Å². The molecular weight excluding hydrogens is 328 g/mol. The molecule has 118 valence electrons. The fraction of sp³-hybridized carbons (Fsp3) is 0.176. The van der Waals surface area contributed by atoms with Gasteiger partial charge in [0.25, 0.3) is 0 Å². The van der Waals surface area contributed by atoms with Crippen molar-refractivity contribution in [1.82, 2.24) is 14.3 Å². The third kappa shape index (κ3) is 3.30. The Labute approximate surface area is 145 Å². The fourth-order valence-corrected chi connectivity index (χ4v) is 2.92. The molecule has 0 aliphatic rings. The molecule has 0 fully saturated rings. The molecule has 1 heterocycles. The first-order valence-corrected chi connectivity index (χ1v) is 8.20. The highest BCUT2D eigenvalue weighted by Crippen LogP contribution is 2.21. The predicted octanol–water partition coefficient (Wildman–Crippen LogP) is 4.82. The Bertz CT molecular complexity index is 855. The maximum absolute atomic E-state index is 6.17. The first-order valence-electron chi connectivity index (χ1n) is 7.42. The number of hydrogen-bond acceptors (Lipinski definition) is 3. The van der Waals surface area contributed by atoms with Gasteiger partial charge >= 0.3 is 0 Å². The monoisotopic (exact) mass is 344 g/mol. The van der Waals surface area contributed by atoms with Gasteiger partial charge in [-0.2, -0.15) is 0 Å². The summed E-state index contributed by atoms with van der Waals surface area (Å²) in [6, 6.07) is 17.7. The Morgan fingerprint density at radius 3 is 2.48 bits per heavy atom. The number of halogens is 1. The summed E-state index contributed by atoms with van der Waals surface area (Å²) in [7, 11) is 0. The average Bonchev–Trinajstić information content (AvgIpc) is 2.91. The molecule has 0 bridgehead atoms. The smallest absolute Gasteiger partial charge is 0.199 e. The number of rotatable bonds is 5. The second-order valence-electron chi connectivity index (χ2n) is 5.03. The lowest BCUT2D eigenvalue weighted by Gasteiger charge is -2.07. The molecule has 0 unspecified atom stereocenters. The number of nitrogens with one attached hydrogen (secondary N) is 1. The van der Waals surface area contributed by atoms with E-state index in [0.29, 0.717) is 16.5 Å². The summed E-state index contributed by atoms with van der Waals surface area (Å²) in [4.78, 5) is 0. The lowest BCUT2D eigenvalue weighted by molar-refractivity contribution is 0.642. The van der Waals surface area contributed by atoms with E-state index in [-0.39, 0.29) is 0 Å². The molecule has 0 spiro atoms. The topological polar surface area (TPSA) is 34.8 Å². The zero-order valence-corrected chi connectivity index (χ0v) is 14.3. The van der Waals surface area contributed by atoms with E-state index < -0.39 is 0 Å². The van der Waals surface area contributed by atoms with E-state index in [1.165, 1.54) is 0 Å². The third-order valence-electron chi connectivity index (χ3n) is 3.56. The van der Waals surface area contributed by atoms with E-state index >= 15 is 0 Å².